The van der Waals surface area contributed by atoms with Crippen LogP contribution >= 0.6 is 0 Å². The third kappa shape index (κ3) is 11.4. The van der Waals surface area contributed by atoms with Crippen molar-refractivity contribution in [2.45, 2.75) is 102 Å². The molecule has 0 radical (unpaired) electrons. The maximum absolute atomic E-state index is 13.6. The van der Waals surface area contributed by atoms with Crippen molar-refractivity contribution in [3.05, 3.63) is 71.8 Å². The molecule has 1 aliphatic heterocycles. The summed E-state index contributed by atoms with van der Waals surface area (Å²) in [7, 11) is 0. The molecule has 2 aromatic carbocycles. The predicted octanol–water partition coefficient (Wildman–Crippen LogP) is 3.04. The van der Waals surface area contributed by atoms with Gasteiger partial charge in [0.1, 0.15) is 12.6 Å². The van der Waals surface area contributed by atoms with Crippen molar-refractivity contribution in [2.75, 3.05) is 13.1 Å². The SMILES string of the molecule is CC(C)(C)NC(=O)[C@@H]1C[C@@H]2CCCC[C@@H]2CN1C[C@H](O)[C@H](Cc1ccccc1)NC(=O)[C@H](CC(N)=O)NC(=O)OCc1ccccc1. The second kappa shape index (κ2) is 16.7. The average Bonchev–Trinajstić information content (AvgIpc) is 3.02. The number of likely N-dealkylation sites (tertiary alicyclic amines) is 1. The summed E-state index contributed by atoms with van der Waals surface area (Å²) in [5, 5.41) is 20.2. The first-order valence-electron chi connectivity index (χ1n) is 16.7. The number of benzene rings is 2. The van der Waals surface area contributed by atoms with E-state index in [9.17, 15) is 24.3 Å². The molecule has 2 aromatic rings. The highest BCUT2D eigenvalue weighted by Crippen LogP contribution is 2.39. The van der Waals surface area contributed by atoms with Crippen LogP contribution in [0.1, 0.15) is 70.4 Å². The fraction of sp³-hybridized carbons (Fsp3) is 0.556. The first kappa shape index (κ1) is 35.9. The second-order valence-electron chi connectivity index (χ2n) is 14.1. The summed E-state index contributed by atoms with van der Waals surface area (Å²) in [6.07, 6.45) is 3.14. The zero-order valence-electron chi connectivity index (χ0n) is 27.8. The van der Waals surface area contributed by atoms with Gasteiger partial charge in [-0.15, -0.1) is 0 Å². The number of nitrogens with zero attached hydrogens (tertiary/aromatic N) is 1. The predicted molar refractivity (Wildman–Crippen MR) is 179 cm³/mol. The van der Waals surface area contributed by atoms with E-state index in [-0.39, 0.29) is 25.5 Å². The molecule has 11 nitrogen and oxygen atoms in total. The van der Waals surface area contributed by atoms with Crippen LogP contribution in [0.25, 0.3) is 0 Å². The number of nitrogens with two attached hydrogens (primary N) is 1. The van der Waals surface area contributed by atoms with Crippen LogP contribution in [-0.4, -0.2) is 76.7 Å². The van der Waals surface area contributed by atoms with Gasteiger partial charge in [0, 0.05) is 18.6 Å². The van der Waals surface area contributed by atoms with Crippen molar-refractivity contribution in [1.29, 1.82) is 0 Å². The van der Waals surface area contributed by atoms with Gasteiger partial charge in [0.25, 0.3) is 0 Å². The van der Waals surface area contributed by atoms with Gasteiger partial charge in [-0.3, -0.25) is 19.3 Å². The van der Waals surface area contributed by atoms with Gasteiger partial charge in [0.2, 0.25) is 17.7 Å². The van der Waals surface area contributed by atoms with Crippen LogP contribution in [-0.2, 0) is 32.1 Å². The van der Waals surface area contributed by atoms with Gasteiger partial charge in [-0.1, -0.05) is 79.9 Å². The summed E-state index contributed by atoms with van der Waals surface area (Å²) in [6, 6.07) is 16.0. The van der Waals surface area contributed by atoms with E-state index in [1.807, 2.05) is 69.3 Å². The lowest BCUT2D eigenvalue weighted by molar-refractivity contribution is -0.133. The number of rotatable bonds is 13. The number of hydrogen-bond donors (Lipinski definition) is 5. The zero-order chi connectivity index (χ0) is 34.0. The number of hydrogen-bond acceptors (Lipinski definition) is 7. The Hall–Kier alpha value is -3.96. The van der Waals surface area contributed by atoms with E-state index in [0.29, 0.717) is 18.4 Å². The Bertz CT molecular complexity index is 1330. The van der Waals surface area contributed by atoms with Crippen molar-refractivity contribution >= 4 is 23.8 Å². The fourth-order valence-electron chi connectivity index (χ4n) is 6.75. The Balaban J connectivity index is 1.50. The largest absolute Gasteiger partial charge is 0.445 e. The number of carbonyl (C=O) groups excluding carboxylic acids is 4. The molecule has 6 N–H and O–H groups in total. The number of ether oxygens (including phenoxy) is 1. The van der Waals surface area contributed by atoms with Crippen molar-refractivity contribution in [3.8, 4) is 0 Å². The second-order valence-corrected chi connectivity index (χ2v) is 14.1. The van der Waals surface area contributed by atoms with Gasteiger partial charge < -0.3 is 31.5 Å². The van der Waals surface area contributed by atoms with E-state index in [1.165, 1.54) is 6.42 Å². The van der Waals surface area contributed by atoms with Crippen LogP contribution in [0.3, 0.4) is 0 Å². The van der Waals surface area contributed by atoms with E-state index >= 15 is 0 Å². The van der Waals surface area contributed by atoms with Gasteiger partial charge >= 0.3 is 6.09 Å². The number of nitrogens with one attached hydrogen (secondary N) is 3. The molecule has 11 heteroatoms. The Kier molecular flexibility index (Phi) is 12.8. The van der Waals surface area contributed by atoms with Gasteiger partial charge in [0.15, 0.2) is 0 Å². The Morgan fingerprint density at radius 3 is 2.17 bits per heavy atom. The summed E-state index contributed by atoms with van der Waals surface area (Å²) >= 11 is 0. The van der Waals surface area contributed by atoms with Gasteiger partial charge in [-0.25, -0.2) is 4.79 Å². The molecule has 1 heterocycles. The number of aliphatic hydroxyl groups is 1. The first-order valence-corrected chi connectivity index (χ1v) is 16.7. The van der Waals surface area contributed by atoms with Crippen LogP contribution in [0.15, 0.2) is 60.7 Å². The number of alkyl carbamates (subject to hydrolysis) is 1. The minimum absolute atomic E-state index is 0.0193. The standard InChI is InChI=1S/C36H51N5O6/c1-36(2,3)40-34(45)30-19-26-16-10-11-17-27(26)21-41(30)22-31(42)28(18-24-12-6-4-7-13-24)38-33(44)29(20-32(37)43)39-35(46)47-23-25-14-8-5-9-15-25/h4-9,12-15,26-31,42H,10-11,16-23H2,1-3H3,(H2,37,43)(H,38,44)(H,39,46)(H,40,45)/t26-,27+,28-,29-,30-,31-/m0/s1. The van der Waals surface area contributed by atoms with Gasteiger partial charge in [-0.05, 0) is 63.0 Å². The highest BCUT2D eigenvalue weighted by molar-refractivity contribution is 5.90. The molecule has 47 heavy (non-hydrogen) atoms. The highest BCUT2D eigenvalue weighted by Gasteiger charge is 2.42. The number of amides is 4. The smallest absolute Gasteiger partial charge is 0.408 e. The first-order chi connectivity index (χ1) is 22.4. The Morgan fingerprint density at radius 1 is 0.936 bits per heavy atom. The van der Waals surface area contributed by atoms with Crippen molar-refractivity contribution < 1.29 is 29.0 Å². The molecule has 2 aliphatic rings. The maximum Gasteiger partial charge on any atom is 0.408 e. The third-order valence-corrected chi connectivity index (χ3v) is 9.04. The van der Waals surface area contributed by atoms with E-state index in [1.54, 1.807) is 12.1 Å². The number of fused-ring (bicyclic) bond motifs is 1. The molecular weight excluding hydrogens is 598 g/mol. The lowest BCUT2D eigenvalue weighted by Gasteiger charge is -2.47. The number of carbonyl (C=O) groups is 4. The molecule has 256 valence electrons. The molecule has 0 unspecified atom stereocenters. The molecular formula is C36H51N5O6. The van der Waals surface area contributed by atoms with Crippen molar-refractivity contribution in [2.24, 2.45) is 17.6 Å². The quantitative estimate of drug-likeness (QED) is 0.223. The fourth-order valence-corrected chi connectivity index (χ4v) is 6.75. The minimum Gasteiger partial charge on any atom is -0.445 e. The van der Waals surface area contributed by atoms with Crippen LogP contribution in [0.2, 0.25) is 0 Å². The molecule has 1 aliphatic carbocycles. The molecule has 4 amide bonds. The highest BCUT2D eigenvalue weighted by atomic mass is 16.5. The summed E-state index contributed by atoms with van der Waals surface area (Å²) in [6.45, 7) is 6.70. The summed E-state index contributed by atoms with van der Waals surface area (Å²) in [5.74, 6) is -0.597. The van der Waals surface area contributed by atoms with E-state index in [0.717, 1.165) is 36.8 Å². The molecule has 1 saturated heterocycles. The Morgan fingerprint density at radius 2 is 1.55 bits per heavy atom. The number of β-amino-alcohol motifs (C(OH)–C–C–N with tert-alkyl or cyclic N) is 1. The normalized spacial score (nSPS) is 21.7. The van der Waals surface area contributed by atoms with E-state index < -0.39 is 54.1 Å². The Labute approximate surface area is 278 Å². The van der Waals surface area contributed by atoms with Crippen molar-refractivity contribution in [3.63, 3.8) is 0 Å². The number of piperidine rings is 1. The van der Waals surface area contributed by atoms with Crippen LogP contribution in [0.4, 0.5) is 4.79 Å². The maximum atomic E-state index is 13.6. The van der Waals surface area contributed by atoms with Crippen LogP contribution in [0, 0.1) is 11.8 Å². The summed E-state index contributed by atoms with van der Waals surface area (Å²) in [4.78, 5) is 53.8. The van der Waals surface area contributed by atoms with Crippen molar-refractivity contribution in [1.82, 2.24) is 20.9 Å². The number of primary amides is 1. The summed E-state index contributed by atoms with van der Waals surface area (Å²) < 4.78 is 5.27. The zero-order valence-corrected chi connectivity index (χ0v) is 27.8. The average molecular weight is 650 g/mol. The lowest BCUT2D eigenvalue weighted by Crippen LogP contribution is -2.61. The van der Waals surface area contributed by atoms with Crippen LogP contribution in [0.5, 0.6) is 0 Å². The summed E-state index contributed by atoms with van der Waals surface area (Å²) in [5.41, 5.74) is 6.68. The number of aliphatic hydroxyl groups excluding tert-OH is 1. The molecule has 0 aromatic heterocycles. The minimum atomic E-state index is -1.32. The van der Waals surface area contributed by atoms with E-state index in [4.69, 9.17) is 10.5 Å². The monoisotopic (exact) mass is 649 g/mol. The molecule has 0 spiro atoms. The molecule has 2 fully saturated rings. The molecule has 0 bridgehead atoms. The third-order valence-electron chi connectivity index (χ3n) is 9.04. The molecule has 4 rings (SSSR count). The van der Waals surface area contributed by atoms with Crippen LogP contribution < -0.4 is 21.7 Å². The molecule has 1 saturated carbocycles. The van der Waals surface area contributed by atoms with Gasteiger partial charge in [-0.2, -0.15) is 0 Å². The lowest BCUT2D eigenvalue weighted by atomic mass is 9.72. The van der Waals surface area contributed by atoms with Gasteiger partial charge in [0.05, 0.1) is 24.6 Å². The topological polar surface area (TPSA) is 163 Å². The van der Waals surface area contributed by atoms with E-state index in [2.05, 4.69) is 20.9 Å². The molecule has 6 atom stereocenters.